The van der Waals surface area contributed by atoms with Crippen LogP contribution in [0.5, 0.6) is 0 Å². The maximum Gasteiger partial charge on any atom is 0.350 e. The second-order valence-electron chi connectivity index (χ2n) is 6.68. The lowest BCUT2D eigenvalue weighted by atomic mass is 10.1. The van der Waals surface area contributed by atoms with Crippen molar-refractivity contribution in [1.29, 1.82) is 0 Å². The van der Waals surface area contributed by atoms with Gasteiger partial charge >= 0.3 is 5.97 Å². The molecule has 0 amide bonds. The Balaban J connectivity index is 1.74. The van der Waals surface area contributed by atoms with Crippen LogP contribution in [0.2, 0.25) is 0 Å². The zero-order valence-corrected chi connectivity index (χ0v) is 15.6. The molecule has 0 saturated heterocycles. The summed E-state index contributed by atoms with van der Waals surface area (Å²) < 4.78 is 7.27. The zero-order chi connectivity index (χ0) is 18.3. The van der Waals surface area contributed by atoms with Crippen LogP contribution in [-0.4, -0.2) is 28.4 Å². The average Bonchev–Trinajstić information content (AvgIpc) is 3.26. The first-order valence-electron chi connectivity index (χ1n) is 8.83. The zero-order valence-electron chi connectivity index (χ0n) is 14.8. The number of hydrogen-bond donors (Lipinski definition) is 0. The van der Waals surface area contributed by atoms with E-state index in [1.54, 1.807) is 6.92 Å². The predicted molar refractivity (Wildman–Crippen MR) is 102 cm³/mol. The highest BCUT2D eigenvalue weighted by atomic mass is 32.1. The van der Waals surface area contributed by atoms with Gasteiger partial charge in [-0.1, -0.05) is 0 Å². The molecule has 26 heavy (non-hydrogen) atoms. The molecule has 0 N–H and O–H groups in total. The van der Waals surface area contributed by atoms with Crippen LogP contribution in [0.4, 0.5) is 0 Å². The molecule has 0 radical (unpaired) electrons. The summed E-state index contributed by atoms with van der Waals surface area (Å²) in [5.41, 5.74) is 3.35. The van der Waals surface area contributed by atoms with Gasteiger partial charge in [-0.3, -0.25) is 4.79 Å². The van der Waals surface area contributed by atoms with Gasteiger partial charge in [-0.05, 0) is 50.8 Å². The Morgan fingerprint density at radius 3 is 2.92 bits per heavy atom. The molecule has 1 saturated carbocycles. The maximum atomic E-state index is 12.0. The van der Waals surface area contributed by atoms with Crippen molar-refractivity contribution in [1.82, 2.24) is 9.55 Å². The summed E-state index contributed by atoms with van der Waals surface area (Å²) in [7, 11) is 0. The topological polar surface area (TPSA) is 61.2 Å². The molecular weight excluding hydrogens is 348 g/mol. The standard InChI is InChI=1S/C20H20N2O3S/c1-3-25-20(24)18-12(2)21-19(26-18)14-6-7-17-16(8-14)15(11-23)10-22(17)9-13-4-5-13/h6-8,10-11,13H,3-5,9H2,1-2H3. The Morgan fingerprint density at radius 1 is 1.42 bits per heavy atom. The van der Waals surface area contributed by atoms with Crippen LogP contribution in [-0.2, 0) is 11.3 Å². The first-order chi connectivity index (χ1) is 12.6. The van der Waals surface area contributed by atoms with E-state index in [0.717, 1.165) is 40.2 Å². The summed E-state index contributed by atoms with van der Waals surface area (Å²) in [6.07, 6.45) is 5.38. The van der Waals surface area contributed by atoms with Crippen molar-refractivity contribution in [2.75, 3.05) is 6.61 Å². The second kappa shape index (κ2) is 6.68. The summed E-state index contributed by atoms with van der Waals surface area (Å²) in [5.74, 6) is 0.400. The molecule has 4 rings (SSSR count). The molecule has 1 fully saturated rings. The molecule has 2 aromatic heterocycles. The lowest BCUT2D eigenvalue weighted by Gasteiger charge is -2.04. The lowest BCUT2D eigenvalue weighted by Crippen LogP contribution is -2.03. The van der Waals surface area contributed by atoms with Gasteiger partial charge in [0.25, 0.3) is 0 Å². The van der Waals surface area contributed by atoms with E-state index in [9.17, 15) is 9.59 Å². The molecule has 1 aliphatic carbocycles. The Labute approximate surface area is 155 Å². The lowest BCUT2D eigenvalue weighted by molar-refractivity contribution is 0.0531. The Morgan fingerprint density at radius 2 is 2.23 bits per heavy atom. The van der Waals surface area contributed by atoms with Crippen molar-refractivity contribution >= 4 is 34.5 Å². The number of carbonyl (C=O) groups is 2. The SMILES string of the molecule is CCOC(=O)c1sc(-c2ccc3c(c2)c(C=O)cn3CC2CC2)nc1C. The van der Waals surface area contributed by atoms with Gasteiger partial charge < -0.3 is 9.30 Å². The van der Waals surface area contributed by atoms with E-state index in [4.69, 9.17) is 4.74 Å². The fraction of sp³-hybridized carbons (Fsp3) is 0.350. The number of carbonyl (C=O) groups excluding carboxylic acids is 2. The minimum atomic E-state index is -0.334. The molecule has 3 aromatic rings. The number of esters is 1. The van der Waals surface area contributed by atoms with Crippen molar-refractivity contribution in [3.05, 3.63) is 40.5 Å². The fourth-order valence-corrected chi connectivity index (χ4v) is 4.14. The fourth-order valence-electron chi connectivity index (χ4n) is 3.19. The molecule has 1 aromatic carbocycles. The highest BCUT2D eigenvalue weighted by Crippen LogP contribution is 2.35. The summed E-state index contributed by atoms with van der Waals surface area (Å²) >= 11 is 1.33. The van der Waals surface area contributed by atoms with Gasteiger partial charge in [0, 0.05) is 34.8 Å². The van der Waals surface area contributed by atoms with Crippen molar-refractivity contribution in [3.63, 3.8) is 0 Å². The second-order valence-corrected chi connectivity index (χ2v) is 7.68. The number of rotatable bonds is 6. The van der Waals surface area contributed by atoms with Gasteiger partial charge in [0.1, 0.15) is 9.88 Å². The van der Waals surface area contributed by atoms with Crippen molar-refractivity contribution in [2.45, 2.75) is 33.2 Å². The number of nitrogens with zero attached hydrogens (tertiary/aromatic N) is 2. The molecule has 0 unspecified atom stereocenters. The van der Waals surface area contributed by atoms with Gasteiger partial charge in [-0.15, -0.1) is 11.3 Å². The largest absolute Gasteiger partial charge is 0.462 e. The third-order valence-corrected chi connectivity index (χ3v) is 5.88. The van der Waals surface area contributed by atoms with Crippen LogP contribution in [0.15, 0.2) is 24.4 Å². The third-order valence-electron chi connectivity index (χ3n) is 4.70. The summed E-state index contributed by atoms with van der Waals surface area (Å²) in [5, 5.41) is 1.70. The first-order valence-corrected chi connectivity index (χ1v) is 9.65. The van der Waals surface area contributed by atoms with E-state index in [0.29, 0.717) is 22.7 Å². The summed E-state index contributed by atoms with van der Waals surface area (Å²) in [6, 6.07) is 6.05. The number of ether oxygens (including phenoxy) is 1. The monoisotopic (exact) mass is 368 g/mol. The van der Waals surface area contributed by atoms with Gasteiger partial charge in [0.2, 0.25) is 0 Å². The molecule has 5 nitrogen and oxygen atoms in total. The quantitative estimate of drug-likeness (QED) is 0.476. The molecule has 6 heteroatoms. The molecule has 0 aliphatic heterocycles. The van der Waals surface area contributed by atoms with Gasteiger partial charge in [0.15, 0.2) is 6.29 Å². The highest BCUT2D eigenvalue weighted by Gasteiger charge is 2.23. The molecule has 0 bridgehead atoms. The molecule has 0 spiro atoms. The van der Waals surface area contributed by atoms with Gasteiger partial charge in [-0.2, -0.15) is 0 Å². The minimum Gasteiger partial charge on any atom is -0.462 e. The summed E-state index contributed by atoms with van der Waals surface area (Å²) in [6.45, 7) is 4.91. The number of aldehydes is 1. The summed E-state index contributed by atoms with van der Waals surface area (Å²) in [4.78, 5) is 28.6. The number of aryl methyl sites for hydroxylation is 1. The van der Waals surface area contributed by atoms with Crippen molar-refractivity contribution < 1.29 is 14.3 Å². The number of fused-ring (bicyclic) bond motifs is 1. The Kier molecular flexibility index (Phi) is 4.36. The van der Waals surface area contributed by atoms with E-state index in [2.05, 4.69) is 9.55 Å². The predicted octanol–water partition coefficient (Wildman–Crippen LogP) is 4.47. The minimum absolute atomic E-state index is 0.334. The molecule has 2 heterocycles. The average molecular weight is 368 g/mol. The van der Waals surface area contributed by atoms with Crippen LogP contribution >= 0.6 is 11.3 Å². The first kappa shape index (κ1) is 17.0. The van der Waals surface area contributed by atoms with E-state index in [1.807, 2.05) is 31.3 Å². The van der Waals surface area contributed by atoms with Gasteiger partial charge in [-0.25, -0.2) is 9.78 Å². The van der Waals surface area contributed by atoms with E-state index in [-0.39, 0.29) is 5.97 Å². The van der Waals surface area contributed by atoms with Crippen molar-refractivity contribution in [2.24, 2.45) is 5.92 Å². The molecular formula is C20H20N2O3S. The van der Waals surface area contributed by atoms with E-state index >= 15 is 0 Å². The maximum absolute atomic E-state index is 12.0. The van der Waals surface area contributed by atoms with E-state index < -0.39 is 0 Å². The number of thiazole rings is 1. The Bertz CT molecular complexity index is 998. The number of hydrogen-bond acceptors (Lipinski definition) is 5. The molecule has 134 valence electrons. The van der Waals surface area contributed by atoms with Crippen LogP contribution in [0.25, 0.3) is 21.5 Å². The van der Waals surface area contributed by atoms with Crippen LogP contribution in [0.1, 0.15) is 45.5 Å². The third kappa shape index (κ3) is 3.05. The van der Waals surface area contributed by atoms with Crippen LogP contribution in [0, 0.1) is 12.8 Å². The van der Waals surface area contributed by atoms with Crippen LogP contribution < -0.4 is 0 Å². The van der Waals surface area contributed by atoms with Crippen molar-refractivity contribution in [3.8, 4) is 10.6 Å². The number of aromatic nitrogens is 2. The van der Waals surface area contributed by atoms with Crippen LogP contribution in [0.3, 0.4) is 0 Å². The van der Waals surface area contributed by atoms with E-state index in [1.165, 1.54) is 24.2 Å². The van der Waals surface area contributed by atoms with Gasteiger partial charge in [0.05, 0.1) is 12.3 Å². The molecule has 1 aliphatic rings. The highest BCUT2D eigenvalue weighted by molar-refractivity contribution is 7.17. The molecule has 0 atom stereocenters. The number of benzene rings is 1. The normalized spacial score (nSPS) is 13.9. The Hall–Kier alpha value is -2.47. The smallest absolute Gasteiger partial charge is 0.350 e.